The van der Waals surface area contributed by atoms with Crippen LogP contribution in [0.1, 0.15) is 44.9 Å². The van der Waals surface area contributed by atoms with E-state index in [4.69, 9.17) is 0 Å². The summed E-state index contributed by atoms with van der Waals surface area (Å²) in [5.41, 5.74) is 0. The lowest BCUT2D eigenvalue weighted by molar-refractivity contribution is 0.290. The molecule has 3 rings (SSSR count). The Hall–Kier alpha value is -0.640. The SMILES string of the molecule is Brc1cncnc1N1CCCC[C@@H]2CCCC[C@H]21. The highest BCUT2D eigenvalue weighted by atomic mass is 79.9. The van der Waals surface area contributed by atoms with Crippen molar-refractivity contribution in [3.8, 4) is 0 Å². The number of anilines is 1. The zero-order valence-electron chi connectivity index (χ0n) is 10.7. The van der Waals surface area contributed by atoms with E-state index in [2.05, 4.69) is 30.8 Å². The van der Waals surface area contributed by atoms with Crippen molar-refractivity contribution in [1.29, 1.82) is 0 Å². The van der Waals surface area contributed by atoms with Gasteiger partial charge in [0, 0.05) is 18.8 Å². The Balaban J connectivity index is 1.90. The van der Waals surface area contributed by atoms with Crippen LogP contribution in [0.15, 0.2) is 17.0 Å². The molecule has 18 heavy (non-hydrogen) atoms. The van der Waals surface area contributed by atoms with E-state index in [-0.39, 0.29) is 0 Å². The zero-order chi connectivity index (χ0) is 12.4. The monoisotopic (exact) mass is 309 g/mol. The molecule has 1 aromatic rings. The molecule has 98 valence electrons. The Morgan fingerprint density at radius 2 is 1.89 bits per heavy atom. The van der Waals surface area contributed by atoms with Crippen LogP contribution in [0.5, 0.6) is 0 Å². The molecule has 1 aliphatic carbocycles. The van der Waals surface area contributed by atoms with E-state index in [1.54, 1.807) is 6.33 Å². The van der Waals surface area contributed by atoms with Gasteiger partial charge in [0.05, 0.1) is 4.47 Å². The molecule has 1 saturated heterocycles. The predicted octanol–water partition coefficient (Wildman–Crippen LogP) is 3.79. The minimum Gasteiger partial charge on any atom is -0.352 e. The third-order valence-electron chi connectivity index (χ3n) is 4.41. The summed E-state index contributed by atoms with van der Waals surface area (Å²) in [5, 5.41) is 0. The molecule has 0 unspecified atom stereocenters. The van der Waals surface area contributed by atoms with Gasteiger partial charge in [0.2, 0.25) is 0 Å². The number of nitrogens with zero attached hydrogens (tertiary/aromatic N) is 3. The molecule has 4 heteroatoms. The molecule has 0 aromatic carbocycles. The Bertz CT molecular complexity index is 410. The summed E-state index contributed by atoms with van der Waals surface area (Å²) >= 11 is 3.61. The predicted molar refractivity (Wildman–Crippen MR) is 76.7 cm³/mol. The van der Waals surface area contributed by atoms with Crippen molar-refractivity contribution in [2.75, 3.05) is 11.4 Å². The highest BCUT2D eigenvalue weighted by Crippen LogP contribution is 2.37. The van der Waals surface area contributed by atoms with Gasteiger partial charge in [0.25, 0.3) is 0 Å². The lowest BCUT2D eigenvalue weighted by Gasteiger charge is -2.39. The first-order chi connectivity index (χ1) is 8.86. The van der Waals surface area contributed by atoms with E-state index in [0.717, 1.165) is 22.8 Å². The minimum absolute atomic E-state index is 0.701. The standard InChI is InChI=1S/C14H20BrN3/c15-12-9-16-10-17-14(12)18-8-4-3-6-11-5-1-2-7-13(11)18/h9-11,13H,1-8H2/t11-,13+/m0/s1. The second kappa shape index (κ2) is 5.55. The van der Waals surface area contributed by atoms with E-state index in [1.165, 1.54) is 44.9 Å². The summed E-state index contributed by atoms with van der Waals surface area (Å²) in [5.74, 6) is 1.98. The Morgan fingerprint density at radius 1 is 1.11 bits per heavy atom. The Labute approximate surface area is 117 Å². The van der Waals surface area contributed by atoms with Crippen molar-refractivity contribution in [2.24, 2.45) is 5.92 Å². The normalized spacial score (nSPS) is 28.6. The summed E-state index contributed by atoms with van der Waals surface area (Å²) in [6.45, 7) is 1.15. The van der Waals surface area contributed by atoms with Crippen molar-refractivity contribution in [1.82, 2.24) is 9.97 Å². The number of fused-ring (bicyclic) bond motifs is 1. The van der Waals surface area contributed by atoms with Crippen LogP contribution >= 0.6 is 15.9 Å². The number of hydrogen-bond donors (Lipinski definition) is 0. The second-order valence-electron chi connectivity index (χ2n) is 5.50. The summed E-state index contributed by atoms with van der Waals surface area (Å²) in [6, 6.07) is 0.701. The third kappa shape index (κ3) is 2.40. The van der Waals surface area contributed by atoms with Gasteiger partial charge < -0.3 is 4.90 Å². The lowest BCUT2D eigenvalue weighted by atomic mass is 9.82. The maximum atomic E-state index is 4.50. The van der Waals surface area contributed by atoms with Crippen LogP contribution in [-0.2, 0) is 0 Å². The van der Waals surface area contributed by atoms with Gasteiger partial charge in [0.15, 0.2) is 0 Å². The van der Waals surface area contributed by atoms with E-state index >= 15 is 0 Å². The molecule has 2 heterocycles. The second-order valence-corrected chi connectivity index (χ2v) is 6.35. The van der Waals surface area contributed by atoms with Crippen LogP contribution in [0.2, 0.25) is 0 Å². The maximum Gasteiger partial charge on any atom is 0.146 e. The Kier molecular flexibility index (Phi) is 3.83. The van der Waals surface area contributed by atoms with Crippen molar-refractivity contribution in [2.45, 2.75) is 51.0 Å². The molecule has 0 radical (unpaired) electrons. The van der Waals surface area contributed by atoms with E-state index in [0.29, 0.717) is 6.04 Å². The van der Waals surface area contributed by atoms with E-state index in [9.17, 15) is 0 Å². The molecule has 0 bridgehead atoms. The fourth-order valence-electron chi connectivity index (χ4n) is 3.57. The molecule has 0 amide bonds. The fraction of sp³-hybridized carbons (Fsp3) is 0.714. The van der Waals surface area contributed by atoms with Gasteiger partial charge in [-0.25, -0.2) is 9.97 Å². The molecular weight excluding hydrogens is 290 g/mol. The highest BCUT2D eigenvalue weighted by molar-refractivity contribution is 9.10. The van der Waals surface area contributed by atoms with Crippen molar-refractivity contribution < 1.29 is 0 Å². The summed E-state index contributed by atoms with van der Waals surface area (Å²) in [7, 11) is 0. The van der Waals surface area contributed by atoms with Gasteiger partial charge in [-0.3, -0.25) is 0 Å². The first-order valence-electron chi connectivity index (χ1n) is 7.08. The molecule has 2 atom stereocenters. The van der Waals surface area contributed by atoms with Crippen LogP contribution in [0.3, 0.4) is 0 Å². The molecule has 1 aliphatic heterocycles. The van der Waals surface area contributed by atoms with Crippen LogP contribution in [0, 0.1) is 5.92 Å². The number of halogens is 1. The molecule has 0 spiro atoms. The average molecular weight is 310 g/mol. The maximum absolute atomic E-state index is 4.50. The van der Waals surface area contributed by atoms with Crippen molar-refractivity contribution in [3.05, 3.63) is 17.0 Å². The smallest absolute Gasteiger partial charge is 0.146 e. The molecule has 1 saturated carbocycles. The van der Waals surface area contributed by atoms with Crippen molar-refractivity contribution >= 4 is 21.7 Å². The first kappa shape index (κ1) is 12.4. The molecule has 0 N–H and O–H groups in total. The summed E-state index contributed by atoms with van der Waals surface area (Å²) in [4.78, 5) is 11.1. The summed E-state index contributed by atoms with van der Waals surface area (Å²) in [6.07, 6.45) is 13.1. The molecule has 2 fully saturated rings. The highest BCUT2D eigenvalue weighted by Gasteiger charge is 2.33. The third-order valence-corrected chi connectivity index (χ3v) is 4.97. The summed E-state index contributed by atoms with van der Waals surface area (Å²) < 4.78 is 1.04. The molecule has 3 nitrogen and oxygen atoms in total. The van der Waals surface area contributed by atoms with E-state index < -0.39 is 0 Å². The molecule has 1 aromatic heterocycles. The quantitative estimate of drug-likeness (QED) is 0.790. The van der Waals surface area contributed by atoms with Crippen LogP contribution in [0.25, 0.3) is 0 Å². The number of rotatable bonds is 1. The van der Waals surface area contributed by atoms with Crippen molar-refractivity contribution in [3.63, 3.8) is 0 Å². The largest absolute Gasteiger partial charge is 0.352 e. The van der Waals surface area contributed by atoms with E-state index in [1.807, 2.05) is 6.20 Å². The van der Waals surface area contributed by atoms with Gasteiger partial charge in [0.1, 0.15) is 12.1 Å². The number of aromatic nitrogens is 2. The molecule has 2 aliphatic rings. The Morgan fingerprint density at radius 3 is 2.72 bits per heavy atom. The molecular formula is C14H20BrN3. The van der Waals surface area contributed by atoms with Crippen LogP contribution in [0.4, 0.5) is 5.82 Å². The zero-order valence-corrected chi connectivity index (χ0v) is 12.3. The van der Waals surface area contributed by atoms with Gasteiger partial charge in [-0.15, -0.1) is 0 Å². The van der Waals surface area contributed by atoms with Gasteiger partial charge >= 0.3 is 0 Å². The average Bonchev–Trinajstić information content (AvgIpc) is 2.62. The van der Waals surface area contributed by atoms with Crippen LogP contribution in [-0.4, -0.2) is 22.6 Å². The van der Waals surface area contributed by atoms with Gasteiger partial charge in [-0.1, -0.05) is 19.3 Å². The first-order valence-corrected chi connectivity index (χ1v) is 7.87. The van der Waals surface area contributed by atoms with Gasteiger partial charge in [-0.05, 0) is 47.5 Å². The topological polar surface area (TPSA) is 29.0 Å². The van der Waals surface area contributed by atoms with Crippen LogP contribution < -0.4 is 4.90 Å². The van der Waals surface area contributed by atoms with Gasteiger partial charge in [-0.2, -0.15) is 0 Å². The lowest BCUT2D eigenvalue weighted by Crippen LogP contribution is -2.42. The minimum atomic E-state index is 0.701. The fourth-order valence-corrected chi connectivity index (χ4v) is 4.02. The number of hydrogen-bond acceptors (Lipinski definition) is 3.